The van der Waals surface area contributed by atoms with Crippen molar-refractivity contribution in [1.29, 1.82) is 0 Å². The fraction of sp³-hybridized carbons (Fsp3) is 1.00. The lowest BCUT2D eigenvalue weighted by Crippen LogP contribution is -2.39. The van der Waals surface area contributed by atoms with E-state index in [0.717, 1.165) is 12.0 Å². The van der Waals surface area contributed by atoms with E-state index >= 15 is 0 Å². The number of nitrogens with zero attached hydrogens (tertiary/aromatic N) is 1. The van der Waals surface area contributed by atoms with Gasteiger partial charge in [0.25, 0.3) is 0 Å². The monoisotopic (exact) mass is 226 g/mol. The van der Waals surface area contributed by atoms with Gasteiger partial charge in [0.1, 0.15) is 0 Å². The molecule has 1 N–H and O–H groups in total. The molecule has 0 heterocycles. The summed E-state index contributed by atoms with van der Waals surface area (Å²) in [5.41, 5.74) is 0. The molecule has 1 unspecified atom stereocenters. The van der Waals surface area contributed by atoms with E-state index in [9.17, 15) is 0 Å². The molecule has 1 rings (SSSR count). The van der Waals surface area contributed by atoms with Gasteiger partial charge in [-0.05, 0) is 44.8 Å². The van der Waals surface area contributed by atoms with Gasteiger partial charge in [-0.15, -0.1) is 0 Å². The van der Waals surface area contributed by atoms with Crippen LogP contribution in [0.3, 0.4) is 0 Å². The van der Waals surface area contributed by atoms with Crippen LogP contribution >= 0.6 is 0 Å². The van der Waals surface area contributed by atoms with Crippen molar-refractivity contribution in [2.24, 2.45) is 5.92 Å². The molecule has 0 aliphatic heterocycles. The minimum Gasteiger partial charge on any atom is -0.316 e. The molecular weight excluding hydrogens is 196 g/mol. The van der Waals surface area contributed by atoms with Crippen molar-refractivity contribution in [3.8, 4) is 0 Å². The van der Waals surface area contributed by atoms with Crippen LogP contribution in [0.4, 0.5) is 0 Å². The van der Waals surface area contributed by atoms with Crippen LogP contribution in [-0.4, -0.2) is 37.1 Å². The first-order valence-electron chi connectivity index (χ1n) is 7.22. The van der Waals surface area contributed by atoms with Crippen LogP contribution < -0.4 is 5.32 Å². The second kappa shape index (κ2) is 8.08. The van der Waals surface area contributed by atoms with E-state index in [1.807, 2.05) is 0 Å². The van der Waals surface area contributed by atoms with Crippen molar-refractivity contribution in [2.75, 3.05) is 26.2 Å². The molecule has 0 bridgehead atoms. The number of hydrogen-bond acceptors (Lipinski definition) is 2. The lowest BCUT2D eigenvalue weighted by Gasteiger charge is -2.30. The second-order valence-corrected chi connectivity index (χ2v) is 5.34. The number of hydrogen-bond donors (Lipinski definition) is 1. The maximum atomic E-state index is 3.53. The van der Waals surface area contributed by atoms with Crippen molar-refractivity contribution in [2.45, 2.75) is 58.9 Å². The van der Waals surface area contributed by atoms with Gasteiger partial charge < -0.3 is 10.2 Å². The first kappa shape index (κ1) is 14.0. The van der Waals surface area contributed by atoms with E-state index in [4.69, 9.17) is 0 Å². The Hall–Kier alpha value is -0.0800. The smallest absolute Gasteiger partial charge is 0.00952 e. The zero-order valence-corrected chi connectivity index (χ0v) is 11.5. The third-order valence-electron chi connectivity index (χ3n) is 3.71. The summed E-state index contributed by atoms with van der Waals surface area (Å²) in [6.45, 7) is 11.8. The molecule has 16 heavy (non-hydrogen) atoms. The third-order valence-corrected chi connectivity index (χ3v) is 3.71. The second-order valence-electron chi connectivity index (χ2n) is 5.34. The lowest BCUT2D eigenvalue weighted by atomic mass is 10.1. The van der Waals surface area contributed by atoms with Crippen molar-refractivity contribution in [3.05, 3.63) is 0 Å². The minimum atomic E-state index is 0.784. The summed E-state index contributed by atoms with van der Waals surface area (Å²) in [7, 11) is 0. The molecule has 2 nitrogen and oxygen atoms in total. The van der Waals surface area contributed by atoms with Gasteiger partial charge in [-0.2, -0.15) is 0 Å². The highest BCUT2D eigenvalue weighted by molar-refractivity contribution is 4.78. The van der Waals surface area contributed by atoms with E-state index in [1.54, 1.807) is 0 Å². The normalized spacial score (nSPS) is 19.5. The third kappa shape index (κ3) is 4.84. The quantitative estimate of drug-likeness (QED) is 0.640. The summed E-state index contributed by atoms with van der Waals surface area (Å²) in [4.78, 5) is 2.70. The molecule has 96 valence electrons. The zero-order chi connectivity index (χ0) is 11.8. The Kier molecular flexibility index (Phi) is 7.06. The molecule has 0 radical (unpaired) electrons. The molecule has 1 saturated carbocycles. The average Bonchev–Trinajstić information content (AvgIpc) is 2.79. The highest BCUT2D eigenvalue weighted by atomic mass is 15.2. The van der Waals surface area contributed by atoms with Gasteiger partial charge in [0.2, 0.25) is 0 Å². The Labute approximate surface area is 102 Å². The van der Waals surface area contributed by atoms with Crippen LogP contribution in [0.1, 0.15) is 52.9 Å². The molecule has 1 fully saturated rings. The van der Waals surface area contributed by atoms with Crippen LogP contribution in [0.25, 0.3) is 0 Å². The van der Waals surface area contributed by atoms with E-state index < -0.39 is 0 Å². The molecule has 0 aromatic carbocycles. The number of nitrogens with one attached hydrogen (secondary N) is 1. The summed E-state index contributed by atoms with van der Waals surface area (Å²) >= 11 is 0. The minimum absolute atomic E-state index is 0.784. The fourth-order valence-corrected chi connectivity index (χ4v) is 2.80. The maximum absolute atomic E-state index is 3.53. The van der Waals surface area contributed by atoms with Crippen molar-refractivity contribution >= 4 is 0 Å². The highest BCUT2D eigenvalue weighted by Crippen LogP contribution is 2.23. The van der Waals surface area contributed by atoms with Crippen molar-refractivity contribution in [1.82, 2.24) is 10.2 Å². The van der Waals surface area contributed by atoms with Crippen LogP contribution in [0.15, 0.2) is 0 Å². The predicted molar refractivity (Wildman–Crippen MR) is 71.8 cm³/mol. The van der Waals surface area contributed by atoms with E-state index in [1.165, 1.54) is 58.3 Å². The SMILES string of the molecule is CCCNCC(C)CN(CC)C1CCCC1. The molecule has 0 saturated heterocycles. The first-order valence-corrected chi connectivity index (χ1v) is 7.22. The largest absolute Gasteiger partial charge is 0.316 e. The zero-order valence-electron chi connectivity index (χ0n) is 11.5. The van der Waals surface area contributed by atoms with E-state index in [2.05, 4.69) is 31.0 Å². The Morgan fingerprint density at radius 1 is 1.25 bits per heavy atom. The molecule has 0 aromatic heterocycles. The Morgan fingerprint density at radius 2 is 1.94 bits per heavy atom. The van der Waals surface area contributed by atoms with Crippen LogP contribution in [-0.2, 0) is 0 Å². The van der Waals surface area contributed by atoms with Crippen molar-refractivity contribution < 1.29 is 0 Å². The Bertz CT molecular complexity index is 164. The summed E-state index contributed by atoms with van der Waals surface area (Å²) in [5.74, 6) is 0.784. The lowest BCUT2D eigenvalue weighted by molar-refractivity contribution is 0.180. The molecule has 1 aliphatic rings. The molecule has 1 atom stereocenters. The molecule has 0 spiro atoms. The predicted octanol–water partition coefficient (Wildman–Crippen LogP) is 2.89. The topological polar surface area (TPSA) is 15.3 Å². The van der Waals surface area contributed by atoms with Crippen LogP contribution in [0, 0.1) is 5.92 Å². The van der Waals surface area contributed by atoms with E-state index in [-0.39, 0.29) is 0 Å². The summed E-state index contributed by atoms with van der Waals surface area (Å²) in [6.07, 6.45) is 7.01. The highest BCUT2D eigenvalue weighted by Gasteiger charge is 2.22. The summed E-state index contributed by atoms with van der Waals surface area (Å²) < 4.78 is 0. The molecular formula is C14H30N2. The van der Waals surface area contributed by atoms with E-state index in [0.29, 0.717) is 0 Å². The standard InChI is InChI=1S/C14H30N2/c1-4-10-15-11-13(3)12-16(5-2)14-8-6-7-9-14/h13-15H,4-12H2,1-3H3. The molecule has 0 amide bonds. The molecule has 2 heteroatoms. The average molecular weight is 226 g/mol. The molecule has 1 aliphatic carbocycles. The van der Waals surface area contributed by atoms with Crippen molar-refractivity contribution in [3.63, 3.8) is 0 Å². The fourth-order valence-electron chi connectivity index (χ4n) is 2.80. The van der Waals surface area contributed by atoms with Gasteiger partial charge in [-0.3, -0.25) is 0 Å². The Balaban J connectivity index is 2.20. The number of rotatable bonds is 8. The van der Waals surface area contributed by atoms with Gasteiger partial charge in [0, 0.05) is 12.6 Å². The summed E-state index contributed by atoms with van der Waals surface area (Å²) in [6, 6.07) is 0.888. The van der Waals surface area contributed by atoms with Gasteiger partial charge >= 0.3 is 0 Å². The Morgan fingerprint density at radius 3 is 2.50 bits per heavy atom. The van der Waals surface area contributed by atoms with Crippen LogP contribution in [0.5, 0.6) is 0 Å². The maximum Gasteiger partial charge on any atom is 0.00952 e. The van der Waals surface area contributed by atoms with Gasteiger partial charge in [-0.1, -0.05) is 33.6 Å². The summed E-state index contributed by atoms with van der Waals surface area (Å²) in [5, 5.41) is 3.53. The van der Waals surface area contributed by atoms with Crippen LogP contribution in [0.2, 0.25) is 0 Å². The first-order chi connectivity index (χ1) is 7.77. The van der Waals surface area contributed by atoms with Gasteiger partial charge in [0.15, 0.2) is 0 Å². The molecule has 0 aromatic rings. The van der Waals surface area contributed by atoms with Gasteiger partial charge in [-0.25, -0.2) is 0 Å². The van der Waals surface area contributed by atoms with Gasteiger partial charge in [0.05, 0.1) is 0 Å².